The highest BCUT2D eigenvalue weighted by atomic mass is 32.1. The molecule has 0 aliphatic rings. The smallest absolute Gasteiger partial charge is 0.00238 e. The van der Waals surface area contributed by atoms with Gasteiger partial charge in [0, 0.05) is 0 Å². The first-order chi connectivity index (χ1) is 11.2. The number of hydrogen-bond donors (Lipinski definition) is 1. The van der Waals surface area contributed by atoms with E-state index in [1.807, 2.05) is 0 Å². The van der Waals surface area contributed by atoms with E-state index in [4.69, 9.17) is 0 Å². The molecule has 23 heavy (non-hydrogen) atoms. The predicted octanol–water partition coefficient (Wildman–Crippen LogP) is 6.31. The normalized spacial score (nSPS) is 11.7. The molecule has 0 aliphatic carbocycles. The maximum Gasteiger partial charge on any atom is -0.00238 e. The first-order valence-electron chi connectivity index (χ1n) is 8.12. The number of thiol groups is 1. The van der Waals surface area contributed by atoms with Gasteiger partial charge >= 0.3 is 0 Å². The van der Waals surface area contributed by atoms with E-state index in [1.54, 1.807) is 0 Å². The Morgan fingerprint density at radius 2 is 1.48 bits per heavy atom. The summed E-state index contributed by atoms with van der Waals surface area (Å²) < 4.78 is 0. The second-order valence-electron chi connectivity index (χ2n) is 6.43. The Bertz CT molecular complexity index is 1030. The fourth-order valence-corrected chi connectivity index (χ4v) is 3.99. The third-order valence-corrected chi connectivity index (χ3v) is 5.10. The van der Waals surface area contributed by atoms with Crippen molar-refractivity contribution in [2.75, 3.05) is 5.75 Å². The molecule has 0 fully saturated rings. The summed E-state index contributed by atoms with van der Waals surface area (Å²) in [4.78, 5) is 0. The molecule has 4 rings (SSSR count). The summed E-state index contributed by atoms with van der Waals surface area (Å²) in [6, 6.07) is 18.0. The second-order valence-corrected chi connectivity index (χ2v) is 6.88. The number of rotatable bonds is 4. The highest BCUT2D eigenvalue weighted by Gasteiger charge is 2.12. The van der Waals surface area contributed by atoms with Crippen molar-refractivity contribution in [1.29, 1.82) is 0 Å². The largest absolute Gasteiger partial charge is 0.179 e. The average molecular weight is 316 g/mol. The van der Waals surface area contributed by atoms with Gasteiger partial charge < -0.3 is 0 Å². The lowest BCUT2D eigenvalue weighted by molar-refractivity contribution is 1.03. The van der Waals surface area contributed by atoms with Gasteiger partial charge in [-0.15, -0.1) is 0 Å². The van der Waals surface area contributed by atoms with Gasteiger partial charge in [0.05, 0.1) is 0 Å². The van der Waals surface area contributed by atoms with Gasteiger partial charge in [-0.1, -0.05) is 60.7 Å². The molecule has 0 atom stereocenters. The van der Waals surface area contributed by atoms with E-state index in [-0.39, 0.29) is 0 Å². The fraction of sp³-hybridized carbons (Fsp3) is 0.182. The van der Waals surface area contributed by atoms with Crippen LogP contribution < -0.4 is 0 Å². The minimum absolute atomic E-state index is 0.865. The van der Waals surface area contributed by atoms with Crippen LogP contribution in [0.4, 0.5) is 0 Å². The Labute approximate surface area is 142 Å². The molecule has 0 saturated carbocycles. The number of hydrogen-bond acceptors (Lipinski definition) is 1. The Balaban J connectivity index is 2.04. The van der Waals surface area contributed by atoms with E-state index in [2.05, 4.69) is 74.7 Å². The second kappa shape index (κ2) is 5.58. The van der Waals surface area contributed by atoms with Crippen molar-refractivity contribution >= 4 is 44.9 Å². The van der Waals surface area contributed by atoms with Crippen LogP contribution in [0.2, 0.25) is 0 Å². The molecule has 114 valence electrons. The van der Waals surface area contributed by atoms with Crippen molar-refractivity contribution in [1.82, 2.24) is 0 Å². The molecular formula is C22H20S. The summed E-state index contributed by atoms with van der Waals surface area (Å²) in [5.74, 6) is 0.865. The Morgan fingerprint density at radius 1 is 0.870 bits per heavy atom. The average Bonchev–Trinajstić information content (AvgIpc) is 2.56. The summed E-state index contributed by atoms with van der Waals surface area (Å²) in [5.41, 5.74) is 3.98. The Kier molecular flexibility index (Phi) is 3.54. The SMILES string of the molecule is C=C(CCS)Cc1ccc2ccc3c(C)ccc4ccc1c2c43. The van der Waals surface area contributed by atoms with Crippen molar-refractivity contribution in [2.45, 2.75) is 19.8 Å². The maximum atomic E-state index is 4.33. The minimum Gasteiger partial charge on any atom is -0.179 e. The van der Waals surface area contributed by atoms with Gasteiger partial charge in [-0.05, 0) is 69.0 Å². The molecule has 4 aromatic rings. The highest BCUT2D eigenvalue weighted by Crippen LogP contribution is 2.37. The topological polar surface area (TPSA) is 0 Å². The molecule has 0 amide bonds. The van der Waals surface area contributed by atoms with E-state index in [1.165, 1.54) is 49.0 Å². The van der Waals surface area contributed by atoms with Crippen molar-refractivity contribution in [3.05, 3.63) is 71.8 Å². The maximum absolute atomic E-state index is 4.33. The molecule has 0 N–H and O–H groups in total. The van der Waals surface area contributed by atoms with Crippen LogP contribution in [-0.4, -0.2) is 5.75 Å². The number of benzene rings is 4. The molecule has 0 saturated heterocycles. The molecule has 0 bridgehead atoms. The molecule has 0 radical (unpaired) electrons. The molecule has 4 aromatic carbocycles. The fourth-order valence-electron chi connectivity index (χ4n) is 3.68. The summed E-state index contributed by atoms with van der Waals surface area (Å²) >= 11 is 4.33. The van der Waals surface area contributed by atoms with Crippen LogP contribution in [0.1, 0.15) is 17.5 Å². The molecule has 0 nitrogen and oxygen atoms in total. The van der Waals surface area contributed by atoms with Crippen LogP contribution >= 0.6 is 12.6 Å². The number of aryl methyl sites for hydroxylation is 1. The molecule has 0 unspecified atom stereocenters. The Hall–Kier alpha value is -1.99. The quantitative estimate of drug-likeness (QED) is 0.254. The van der Waals surface area contributed by atoms with Crippen molar-refractivity contribution < 1.29 is 0 Å². The van der Waals surface area contributed by atoms with E-state index in [0.717, 1.165) is 18.6 Å². The molecular weight excluding hydrogens is 296 g/mol. The van der Waals surface area contributed by atoms with Gasteiger partial charge in [0.15, 0.2) is 0 Å². The zero-order chi connectivity index (χ0) is 16.0. The highest BCUT2D eigenvalue weighted by molar-refractivity contribution is 7.80. The number of allylic oxidation sites excluding steroid dienone is 1. The van der Waals surface area contributed by atoms with Crippen LogP contribution in [0.3, 0.4) is 0 Å². The first-order valence-corrected chi connectivity index (χ1v) is 8.76. The van der Waals surface area contributed by atoms with Crippen LogP contribution in [0.25, 0.3) is 32.3 Å². The van der Waals surface area contributed by atoms with E-state index < -0.39 is 0 Å². The van der Waals surface area contributed by atoms with Gasteiger partial charge in [-0.3, -0.25) is 0 Å². The third kappa shape index (κ3) is 2.31. The third-order valence-electron chi connectivity index (χ3n) is 4.88. The molecule has 0 aliphatic heterocycles. The van der Waals surface area contributed by atoms with Crippen molar-refractivity contribution in [2.24, 2.45) is 0 Å². The minimum atomic E-state index is 0.865. The molecule has 1 heteroatoms. The lowest BCUT2D eigenvalue weighted by Gasteiger charge is -2.15. The summed E-state index contributed by atoms with van der Waals surface area (Å²) in [6.45, 7) is 6.41. The van der Waals surface area contributed by atoms with Gasteiger partial charge in [-0.2, -0.15) is 12.6 Å². The zero-order valence-corrected chi connectivity index (χ0v) is 14.3. The van der Waals surface area contributed by atoms with Crippen molar-refractivity contribution in [3.8, 4) is 0 Å². The van der Waals surface area contributed by atoms with Crippen LogP contribution in [-0.2, 0) is 6.42 Å². The molecule has 0 aromatic heterocycles. The van der Waals surface area contributed by atoms with E-state index in [0.29, 0.717) is 0 Å². The van der Waals surface area contributed by atoms with E-state index >= 15 is 0 Å². The predicted molar refractivity (Wildman–Crippen MR) is 106 cm³/mol. The Morgan fingerprint density at radius 3 is 2.22 bits per heavy atom. The van der Waals surface area contributed by atoms with Crippen LogP contribution in [0.5, 0.6) is 0 Å². The van der Waals surface area contributed by atoms with Crippen molar-refractivity contribution in [3.63, 3.8) is 0 Å². The first kappa shape index (κ1) is 14.6. The lowest BCUT2D eigenvalue weighted by atomic mass is 9.89. The van der Waals surface area contributed by atoms with Crippen LogP contribution in [0.15, 0.2) is 60.7 Å². The molecule has 0 spiro atoms. The van der Waals surface area contributed by atoms with E-state index in [9.17, 15) is 0 Å². The monoisotopic (exact) mass is 316 g/mol. The summed E-state index contributed by atoms with van der Waals surface area (Å²) in [6.07, 6.45) is 1.91. The molecule has 0 heterocycles. The standard InChI is InChI=1S/C22H20S/c1-14(11-12-23)13-18-6-5-17-7-9-19-15(2)3-4-16-8-10-20(18)22(17)21(16)19/h3-10,23H,1,11-13H2,2H3. The zero-order valence-electron chi connectivity index (χ0n) is 13.4. The van der Waals surface area contributed by atoms with Gasteiger partial charge in [0.1, 0.15) is 0 Å². The lowest BCUT2D eigenvalue weighted by Crippen LogP contribution is -1.94. The van der Waals surface area contributed by atoms with Gasteiger partial charge in [0.2, 0.25) is 0 Å². The summed E-state index contributed by atoms with van der Waals surface area (Å²) in [7, 11) is 0. The van der Waals surface area contributed by atoms with Crippen LogP contribution in [0, 0.1) is 6.92 Å². The van der Waals surface area contributed by atoms with Gasteiger partial charge in [0.25, 0.3) is 0 Å². The summed E-state index contributed by atoms with van der Waals surface area (Å²) in [5, 5.41) is 8.20. The van der Waals surface area contributed by atoms with Gasteiger partial charge in [-0.25, -0.2) is 0 Å².